The van der Waals surface area contributed by atoms with Gasteiger partial charge in [0.25, 0.3) is 0 Å². The van der Waals surface area contributed by atoms with E-state index in [2.05, 4.69) is 21.2 Å². The first-order valence-corrected chi connectivity index (χ1v) is 7.21. The molecule has 2 atom stereocenters. The standard InChI is InChI=1S/C14H22BrNO4/c1-10(8-18-2)20-9-13(17)7-16-12-4-11(15)5-14(6-12)19-3/h4-6,10,13,16-17H,7-9H2,1-3H3. The van der Waals surface area contributed by atoms with Crippen LogP contribution in [0.15, 0.2) is 22.7 Å². The number of nitrogens with one attached hydrogen (secondary N) is 1. The van der Waals surface area contributed by atoms with Gasteiger partial charge in [0.15, 0.2) is 0 Å². The number of methoxy groups -OCH3 is 2. The topological polar surface area (TPSA) is 60.0 Å². The predicted octanol–water partition coefficient (Wildman–Crippen LogP) is 2.28. The zero-order valence-corrected chi connectivity index (χ0v) is 13.6. The second-order valence-electron chi connectivity index (χ2n) is 4.51. The Kier molecular flexibility index (Phi) is 7.91. The van der Waals surface area contributed by atoms with Gasteiger partial charge in [0.1, 0.15) is 5.75 Å². The average Bonchev–Trinajstić information content (AvgIpc) is 2.42. The Bertz CT molecular complexity index is 403. The van der Waals surface area contributed by atoms with Gasteiger partial charge in [-0.1, -0.05) is 15.9 Å². The zero-order valence-electron chi connectivity index (χ0n) is 12.1. The molecule has 5 nitrogen and oxygen atoms in total. The first-order valence-electron chi connectivity index (χ1n) is 6.42. The Morgan fingerprint density at radius 3 is 2.65 bits per heavy atom. The van der Waals surface area contributed by atoms with Crippen molar-refractivity contribution >= 4 is 21.6 Å². The Morgan fingerprint density at radius 2 is 2.00 bits per heavy atom. The van der Waals surface area contributed by atoms with Crippen molar-refractivity contribution < 1.29 is 19.3 Å². The molecule has 0 amide bonds. The molecule has 0 aliphatic heterocycles. The van der Waals surface area contributed by atoms with Gasteiger partial charge in [0, 0.05) is 29.9 Å². The molecule has 2 N–H and O–H groups in total. The molecule has 0 heterocycles. The number of halogens is 1. The third kappa shape index (κ3) is 6.56. The Labute approximate surface area is 128 Å². The normalized spacial score (nSPS) is 13.8. The van der Waals surface area contributed by atoms with Gasteiger partial charge in [-0.15, -0.1) is 0 Å². The second-order valence-corrected chi connectivity index (χ2v) is 5.43. The van der Waals surface area contributed by atoms with Crippen LogP contribution in [-0.2, 0) is 9.47 Å². The van der Waals surface area contributed by atoms with Crippen LogP contribution in [-0.4, -0.2) is 51.3 Å². The number of anilines is 1. The third-order valence-electron chi connectivity index (χ3n) is 2.62. The maximum atomic E-state index is 9.85. The fourth-order valence-corrected chi connectivity index (χ4v) is 2.11. The highest BCUT2D eigenvalue weighted by molar-refractivity contribution is 9.10. The van der Waals surface area contributed by atoms with E-state index in [1.54, 1.807) is 14.2 Å². The van der Waals surface area contributed by atoms with E-state index in [4.69, 9.17) is 14.2 Å². The van der Waals surface area contributed by atoms with Gasteiger partial charge in [0.05, 0.1) is 32.5 Å². The van der Waals surface area contributed by atoms with Gasteiger partial charge in [-0.2, -0.15) is 0 Å². The molecule has 0 radical (unpaired) electrons. The summed E-state index contributed by atoms with van der Waals surface area (Å²) in [6, 6.07) is 5.66. The first-order chi connectivity index (χ1) is 9.55. The third-order valence-corrected chi connectivity index (χ3v) is 3.08. The molecule has 0 saturated heterocycles. The zero-order chi connectivity index (χ0) is 15.0. The largest absolute Gasteiger partial charge is 0.497 e. The summed E-state index contributed by atoms with van der Waals surface area (Å²) < 4.78 is 16.5. The summed E-state index contributed by atoms with van der Waals surface area (Å²) in [6.07, 6.45) is -0.611. The maximum absolute atomic E-state index is 9.85. The van der Waals surface area contributed by atoms with Gasteiger partial charge < -0.3 is 24.6 Å². The van der Waals surface area contributed by atoms with Crippen LogP contribution >= 0.6 is 15.9 Å². The van der Waals surface area contributed by atoms with Gasteiger partial charge >= 0.3 is 0 Å². The molecule has 1 aromatic rings. The molecular formula is C14H22BrNO4. The minimum Gasteiger partial charge on any atom is -0.497 e. The molecule has 6 heteroatoms. The van der Waals surface area contributed by atoms with Crippen LogP contribution in [0.5, 0.6) is 5.75 Å². The van der Waals surface area contributed by atoms with E-state index in [1.165, 1.54) is 0 Å². The van der Waals surface area contributed by atoms with Crippen molar-refractivity contribution in [1.82, 2.24) is 0 Å². The van der Waals surface area contributed by atoms with E-state index in [0.717, 1.165) is 15.9 Å². The van der Waals surface area contributed by atoms with Crippen LogP contribution in [0.25, 0.3) is 0 Å². The average molecular weight is 348 g/mol. The molecule has 0 aromatic heterocycles. The summed E-state index contributed by atoms with van der Waals surface area (Å²) in [5.74, 6) is 0.751. The number of rotatable bonds is 9. The molecule has 0 aliphatic rings. The quantitative estimate of drug-likeness (QED) is 0.717. The van der Waals surface area contributed by atoms with E-state index < -0.39 is 6.10 Å². The minimum atomic E-state index is -0.584. The van der Waals surface area contributed by atoms with Crippen molar-refractivity contribution in [2.75, 3.05) is 39.3 Å². The lowest BCUT2D eigenvalue weighted by atomic mass is 10.3. The van der Waals surface area contributed by atoms with Crippen molar-refractivity contribution in [2.24, 2.45) is 0 Å². The predicted molar refractivity (Wildman–Crippen MR) is 82.5 cm³/mol. The lowest BCUT2D eigenvalue weighted by Crippen LogP contribution is -2.28. The Hall–Kier alpha value is -0.820. The number of hydrogen-bond donors (Lipinski definition) is 2. The number of aliphatic hydroxyl groups is 1. The van der Waals surface area contributed by atoms with E-state index in [9.17, 15) is 5.11 Å². The summed E-state index contributed by atoms with van der Waals surface area (Å²) in [5, 5.41) is 13.0. The van der Waals surface area contributed by atoms with Crippen molar-refractivity contribution in [3.05, 3.63) is 22.7 Å². The van der Waals surface area contributed by atoms with Gasteiger partial charge in [-0.05, 0) is 19.1 Å². The number of hydrogen-bond acceptors (Lipinski definition) is 5. The highest BCUT2D eigenvalue weighted by Crippen LogP contribution is 2.24. The molecule has 1 aromatic carbocycles. The maximum Gasteiger partial charge on any atom is 0.122 e. The van der Waals surface area contributed by atoms with Crippen molar-refractivity contribution in [2.45, 2.75) is 19.1 Å². The van der Waals surface area contributed by atoms with Crippen molar-refractivity contribution in [3.63, 3.8) is 0 Å². The molecule has 2 unspecified atom stereocenters. The van der Waals surface area contributed by atoms with Crippen molar-refractivity contribution in [1.29, 1.82) is 0 Å². The van der Waals surface area contributed by atoms with E-state index in [1.807, 2.05) is 25.1 Å². The first kappa shape index (κ1) is 17.2. The van der Waals surface area contributed by atoms with Crippen LogP contribution in [0, 0.1) is 0 Å². The van der Waals surface area contributed by atoms with Crippen LogP contribution in [0.2, 0.25) is 0 Å². The second kappa shape index (κ2) is 9.18. The molecule has 0 spiro atoms. The summed E-state index contributed by atoms with van der Waals surface area (Å²) in [4.78, 5) is 0. The summed E-state index contributed by atoms with van der Waals surface area (Å²) in [7, 11) is 3.24. The molecule has 0 bridgehead atoms. The number of benzene rings is 1. The highest BCUT2D eigenvalue weighted by Gasteiger charge is 2.08. The van der Waals surface area contributed by atoms with Crippen LogP contribution < -0.4 is 10.1 Å². The van der Waals surface area contributed by atoms with E-state index in [0.29, 0.717) is 13.2 Å². The Morgan fingerprint density at radius 1 is 1.25 bits per heavy atom. The van der Waals surface area contributed by atoms with E-state index >= 15 is 0 Å². The lowest BCUT2D eigenvalue weighted by molar-refractivity contribution is -0.0282. The van der Waals surface area contributed by atoms with Crippen LogP contribution in [0.1, 0.15) is 6.92 Å². The highest BCUT2D eigenvalue weighted by atomic mass is 79.9. The molecule has 0 aliphatic carbocycles. The number of aliphatic hydroxyl groups excluding tert-OH is 1. The fraction of sp³-hybridized carbons (Fsp3) is 0.571. The molecule has 20 heavy (non-hydrogen) atoms. The Balaban J connectivity index is 2.37. The van der Waals surface area contributed by atoms with E-state index in [-0.39, 0.29) is 12.7 Å². The minimum absolute atomic E-state index is 0.0272. The molecule has 0 saturated carbocycles. The van der Waals surface area contributed by atoms with Crippen molar-refractivity contribution in [3.8, 4) is 5.75 Å². The van der Waals surface area contributed by atoms with Gasteiger partial charge in [-0.3, -0.25) is 0 Å². The SMILES string of the molecule is COCC(C)OCC(O)CNc1cc(Br)cc(OC)c1. The monoisotopic (exact) mass is 347 g/mol. The molecule has 1 rings (SSSR count). The lowest BCUT2D eigenvalue weighted by Gasteiger charge is -2.17. The van der Waals surface area contributed by atoms with Crippen LogP contribution in [0.4, 0.5) is 5.69 Å². The van der Waals surface area contributed by atoms with Crippen LogP contribution in [0.3, 0.4) is 0 Å². The van der Waals surface area contributed by atoms with Gasteiger partial charge in [0.2, 0.25) is 0 Å². The smallest absolute Gasteiger partial charge is 0.122 e. The molecular weight excluding hydrogens is 326 g/mol. The summed E-state index contributed by atoms with van der Waals surface area (Å²) in [5.41, 5.74) is 0.875. The summed E-state index contributed by atoms with van der Waals surface area (Å²) >= 11 is 3.41. The summed E-state index contributed by atoms with van der Waals surface area (Å²) in [6.45, 7) is 3.09. The number of ether oxygens (including phenoxy) is 3. The fourth-order valence-electron chi connectivity index (χ4n) is 1.64. The van der Waals surface area contributed by atoms with Gasteiger partial charge in [-0.25, -0.2) is 0 Å². The molecule has 114 valence electrons. The molecule has 0 fully saturated rings.